The van der Waals surface area contributed by atoms with Crippen LogP contribution in [0.1, 0.15) is 26.3 Å². The number of carbonyl (C=O) groups is 1. The van der Waals surface area contributed by atoms with Gasteiger partial charge in [0, 0.05) is 5.56 Å². The highest BCUT2D eigenvalue weighted by atomic mass is 16.6. The molecular formula is C16H24O4. The van der Waals surface area contributed by atoms with Crippen molar-refractivity contribution in [3.05, 3.63) is 42.5 Å². The summed E-state index contributed by atoms with van der Waals surface area (Å²) in [6, 6.07) is 6.97. The zero-order valence-electron chi connectivity index (χ0n) is 12.5. The predicted molar refractivity (Wildman–Crippen MR) is 79.5 cm³/mol. The minimum absolute atomic E-state index is 0.127. The Labute approximate surface area is 121 Å². The molecule has 0 fully saturated rings. The van der Waals surface area contributed by atoms with Crippen LogP contribution in [0.5, 0.6) is 5.75 Å². The van der Waals surface area contributed by atoms with Crippen molar-refractivity contribution in [1.82, 2.24) is 0 Å². The molecule has 20 heavy (non-hydrogen) atoms. The van der Waals surface area contributed by atoms with Crippen LogP contribution in [0.2, 0.25) is 0 Å². The summed E-state index contributed by atoms with van der Waals surface area (Å²) >= 11 is 0. The normalized spacial score (nSPS) is 9.45. The molecule has 1 rings (SSSR count). The lowest BCUT2D eigenvalue weighted by Gasteiger charge is -2.08. The molecule has 0 saturated carbocycles. The SMILES string of the molecule is C=CCOC(=O)COc1ccccc1CO.CC(C)C. The van der Waals surface area contributed by atoms with Crippen LogP contribution in [-0.4, -0.2) is 24.3 Å². The molecule has 0 unspecified atom stereocenters. The van der Waals surface area contributed by atoms with Crippen molar-refractivity contribution in [2.45, 2.75) is 27.4 Å². The molecule has 4 heteroatoms. The van der Waals surface area contributed by atoms with Crippen LogP contribution in [-0.2, 0) is 16.1 Å². The van der Waals surface area contributed by atoms with Gasteiger partial charge in [-0.15, -0.1) is 0 Å². The largest absolute Gasteiger partial charge is 0.482 e. The summed E-state index contributed by atoms with van der Waals surface area (Å²) in [6.45, 7) is 9.79. The van der Waals surface area contributed by atoms with Crippen molar-refractivity contribution in [1.29, 1.82) is 0 Å². The molecule has 112 valence electrons. The number of hydrogen-bond donors (Lipinski definition) is 1. The molecule has 0 saturated heterocycles. The number of esters is 1. The molecule has 0 aromatic heterocycles. The Kier molecular flexibility index (Phi) is 10.1. The van der Waals surface area contributed by atoms with Gasteiger partial charge in [0.05, 0.1) is 6.61 Å². The maximum absolute atomic E-state index is 11.1. The second-order valence-corrected chi connectivity index (χ2v) is 4.76. The summed E-state index contributed by atoms with van der Waals surface area (Å²) in [7, 11) is 0. The van der Waals surface area contributed by atoms with Crippen LogP contribution in [0, 0.1) is 5.92 Å². The molecule has 0 spiro atoms. The Balaban J connectivity index is 0.000000796. The second-order valence-electron chi connectivity index (χ2n) is 4.76. The average Bonchev–Trinajstić information content (AvgIpc) is 2.42. The number of rotatable bonds is 6. The highest BCUT2D eigenvalue weighted by Crippen LogP contribution is 2.17. The van der Waals surface area contributed by atoms with E-state index in [9.17, 15) is 4.79 Å². The molecule has 0 radical (unpaired) electrons. The van der Waals surface area contributed by atoms with Gasteiger partial charge < -0.3 is 14.6 Å². The molecule has 0 aliphatic heterocycles. The monoisotopic (exact) mass is 280 g/mol. The van der Waals surface area contributed by atoms with E-state index in [1.54, 1.807) is 24.3 Å². The molecule has 1 N–H and O–H groups in total. The van der Waals surface area contributed by atoms with Crippen LogP contribution < -0.4 is 4.74 Å². The van der Waals surface area contributed by atoms with E-state index < -0.39 is 5.97 Å². The van der Waals surface area contributed by atoms with Gasteiger partial charge in [-0.1, -0.05) is 51.6 Å². The van der Waals surface area contributed by atoms with Gasteiger partial charge in [0.1, 0.15) is 12.4 Å². The Bertz CT molecular complexity index is 396. The fourth-order valence-corrected chi connectivity index (χ4v) is 1.11. The molecule has 1 aromatic rings. The number of para-hydroxylation sites is 1. The van der Waals surface area contributed by atoms with Crippen LogP contribution in [0.25, 0.3) is 0 Å². The van der Waals surface area contributed by atoms with E-state index >= 15 is 0 Å². The van der Waals surface area contributed by atoms with Gasteiger partial charge in [-0.05, 0) is 12.0 Å². The first-order valence-electron chi connectivity index (χ1n) is 6.59. The zero-order valence-corrected chi connectivity index (χ0v) is 12.5. The predicted octanol–water partition coefficient (Wildman–Crippen LogP) is 2.95. The topological polar surface area (TPSA) is 55.8 Å². The van der Waals surface area contributed by atoms with Crippen LogP contribution in [0.4, 0.5) is 0 Å². The van der Waals surface area contributed by atoms with E-state index in [4.69, 9.17) is 14.6 Å². The number of aliphatic hydroxyl groups is 1. The van der Waals surface area contributed by atoms with Gasteiger partial charge in [0.25, 0.3) is 0 Å². The number of carbonyl (C=O) groups excluding carboxylic acids is 1. The van der Waals surface area contributed by atoms with E-state index in [1.807, 2.05) is 0 Å². The Morgan fingerprint density at radius 3 is 2.50 bits per heavy atom. The third-order valence-corrected chi connectivity index (χ3v) is 1.85. The quantitative estimate of drug-likeness (QED) is 0.643. The number of ether oxygens (including phenoxy) is 2. The minimum Gasteiger partial charge on any atom is -0.482 e. The van der Waals surface area contributed by atoms with E-state index in [0.717, 1.165) is 5.92 Å². The fourth-order valence-electron chi connectivity index (χ4n) is 1.11. The molecular weight excluding hydrogens is 256 g/mol. The molecule has 0 amide bonds. The molecule has 0 aliphatic carbocycles. The molecule has 1 aromatic carbocycles. The second kappa shape index (κ2) is 11.1. The third-order valence-electron chi connectivity index (χ3n) is 1.85. The highest BCUT2D eigenvalue weighted by Gasteiger charge is 2.06. The van der Waals surface area contributed by atoms with Crippen LogP contribution in [0.3, 0.4) is 0 Å². The Morgan fingerprint density at radius 2 is 1.95 bits per heavy atom. The standard InChI is InChI=1S/C12H14O4.C4H10/c1-2-7-15-12(14)9-16-11-6-4-3-5-10(11)8-13;1-4(2)3/h2-6,13H,1,7-9H2;4H,1-3H3. The first-order chi connectivity index (χ1) is 9.51. The van der Waals surface area contributed by atoms with Gasteiger partial charge in [0.15, 0.2) is 6.61 Å². The van der Waals surface area contributed by atoms with Crippen molar-refractivity contribution in [3.63, 3.8) is 0 Å². The first kappa shape index (κ1) is 18.2. The number of hydrogen-bond acceptors (Lipinski definition) is 4. The van der Waals surface area contributed by atoms with Gasteiger partial charge >= 0.3 is 5.97 Å². The lowest BCUT2D eigenvalue weighted by Crippen LogP contribution is -2.15. The fraction of sp³-hybridized carbons (Fsp3) is 0.438. The molecule has 0 heterocycles. The van der Waals surface area contributed by atoms with Crippen LogP contribution in [0.15, 0.2) is 36.9 Å². The van der Waals surface area contributed by atoms with E-state index in [0.29, 0.717) is 11.3 Å². The zero-order chi connectivity index (χ0) is 15.4. The van der Waals surface area contributed by atoms with Crippen molar-refractivity contribution < 1.29 is 19.4 Å². The maximum Gasteiger partial charge on any atom is 0.344 e. The van der Waals surface area contributed by atoms with Crippen molar-refractivity contribution >= 4 is 5.97 Å². The summed E-state index contributed by atoms with van der Waals surface area (Å²) in [6.07, 6.45) is 1.49. The summed E-state index contributed by atoms with van der Waals surface area (Å²) in [4.78, 5) is 11.1. The number of benzene rings is 1. The van der Waals surface area contributed by atoms with E-state index in [2.05, 4.69) is 27.4 Å². The summed E-state index contributed by atoms with van der Waals surface area (Å²) in [5.74, 6) is 0.855. The first-order valence-corrected chi connectivity index (χ1v) is 6.59. The van der Waals surface area contributed by atoms with Crippen molar-refractivity contribution in [3.8, 4) is 5.75 Å². The van der Waals surface area contributed by atoms with Crippen molar-refractivity contribution in [2.24, 2.45) is 5.92 Å². The highest BCUT2D eigenvalue weighted by molar-refractivity contribution is 5.71. The van der Waals surface area contributed by atoms with Gasteiger partial charge in [-0.3, -0.25) is 0 Å². The summed E-state index contributed by atoms with van der Waals surface area (Å²) in [5, 5.41) is 9.02. The van der Waals surface area contributed by atoms with Crippen LogP contribution >= 0.6 is 0 Å². The molecule has 0 aliphatic rings. The number of aliphatic hydroxyl groups excluding tert-OH is 1. The maximum atomic E-state index is 11.1. The van der Waals surface area contributed by atoms with Gasteiger partial charge in [0.2, 0.25) is 0 Å². The molecule has 4 nitrogen and oxygen atoms in total. The van der Waals surface area contributed by atoms with Gasteiger partial charge in [-0.25, -0.2) is 4.79 Å². The van der Waals surface area contributed by atoms with E-state index in [1.165, 1.54) is 6.08 Å². The van der Waals surface area contributed by atoms with E-state index in [-0.39, 0.29) is 19.8 Å². The molecule has 0 bridgehead atoms. The minimum atomic E-state index is -0.465. The Morgan fingerprint density at radius 1 is 1.35 bits per heavy atom. The summed E-state index contributed by atoms with van der Waals surface area (Å²) < 4.78 is 9.96. The lowest BCUT2D eigenvalue weighted by molar-refractivity contribution is -0.144. The Hall–Kier alpha value is -1.81. The third kappa shape index (κ3) is 9.16. The van der Waals surface area contributed by atoms with Gasteiger partial charge in [-0.2, -0.15) is 0 Å². The smallest absolute Gasteiger partial charge is 0.344 e. The summed E-state index contributed by atoms with van der Waals surface area (Å²) in [5.41, 5.74) is 0.638. The average molecular weight is 280 g/mol. The van der Waals surface area contributed by atoms with Crippen molar-refractivity contribution in [2.75, 3.05) is 13.2 Å². The lowest BCUT2D eigenvalue weighted by atomic mass is 10.2. The molecule has 0 atom stereocenters.